The first kappa shape index (κ1) is 14.8. The summed E-state index contributed by atoms with van der Waals surface area (Å²) in [6.45, 7) is 7.74. The second-order valence-corrected chi connectivity index (χ2v) is 2.85. The number of hydrogen-bond donors (Lipinski definition) is 1. The maximum absolute atomic E-state index is 10.3. The Morgan fingerprint density at radius 2 is 1.62 bits per heavy atom. The Morgan fingerprint density at radius 3 is 1.69 bits per heavy atom. The fourth-order valence-corrected chi connectivity index (χ4v) is 0.295. The van der Waals surface area contributed by atoms with Crippen LogP contribution in [0.1, 0.15) is 47.0 Å². The van der Waals surface area contributed by atoms with Gasteiger partial charge in [0.05, 0.1) is 7.11 Å². The zero-order chi connectivity index (χ0) is 10.7. The minimum absolute atomic E-state index is 0.155. The Bertz CT molecular complexity index is 109. The first-order valence-corrected chi connectivity index (χ1v) is 5.01. The lowest BCUT2D eigenvalue weighted by molar-refractivity contribution is 0.168. The SMILES string of the molecule is C1CC1.CC.COC(=O)NC(C)C. The molecule has 0 aromatic rings. The molecular weight excluding hydrogens is 166 g/mol. The summed E-state index contributed by atoms with van der Waals surface area (Å²) < 4.78 is 4.31. The highest BCUT2D eigenvalue weighted by Gasteiger charge is 1.97. The summed E-state index contributed by atoms with van der Waals surface area (Å²) >= 11 is 0. The highest BCUT2D eigenvalue weighted by molar-refractivity contribution is 5.67. The number of nitrogens with one attached hydrogen (secondary N) is 1. The topological polar surface area (TPSA) is 38.3 Å². The van der Waals surface area contributed by atoms with Crippen LogP contribution in [0.3, 0.4) is 0 Å². The molecule has 13 heavy (non-hydrogen) atoms. The average molecular weight is 189 g/mol. The molecule has 0 aromatic carbocycles. The smallest absolute Gasteiger partial charge is 0.407 e. The maximum atomic E-state index is 10.3. The molecule has 0 aromatic heterocycles. The third kappa shape index (κ3) is 24.6. The fourth-order valence-electron chi connectivity index (χ4n) is 0.295. The van der Waals surface area contributed by atoms with E-state index in [1.54, 1.807) is 0 Å². The molecule has 1 fully saturated rings. The van der Waals surface area contributed by atoms with E-state index in [1.807, 2.05) is 27.7 Å². The van der Waals surface area contributed by atoms with Crippen molar-refractivity contribution >= 4 is 6.09 Å². The summed E-state index contributed by atoms with van der Waals surface area (Å²) in [5, 5.41) is 2.53. The lowest BCUT2D eigenvalue weighted by Gasteiger charge is -2.04. The van der Waals surface area contributed by atoms with Crippen molar-refractivity contribution in [2.24, 2.45) is 0 Å². The van der Waals surface area contributed by atoms with Crippen molar-refractivity contribution in [3.63, 3.8) is 0 Å². The van der Waals surface area contributed by atoms with Crippen molar-refractivity contribution in [1.82, 2.24) is 5.32 Å². The number of carbonyl (C=O) groups excluding carboxylic acids is 1. The van der Waals surface area contributed by atoms with E-state index in [9.17, 15) is 4.79 Å². The summed E-state index contributed by atoms with van der Waals surface area (Å²) in [5.74, 6) is 0. The van der Waals surface area contributed by atoms with Gasteiger partial charge in [-0.05, 0) is 13.8 Å². The van der Waals surface area contributed by atoms with Crippen LogP contribution in [-0.2, 0) is 4.74 Å². The van der Waals surface area contributed by atoms with Crippen LogP contribution in [0.15, 0.2) is 0 Å². The van der Waals surface area contributed by atoms with Crippen molar-refractivity contribution in [3.8, 4) is 0 Å². The molecule has 0 heterocycles. The zero-order valence-electron chi connectivity index (χ0n) is 9.52. The van der Waals surface area contributed by atoms with Crippen LogP contribution in [0.5, 0.6) is 0 Å². The van der Waals surface area contributed by atoms with E-state index < -0.39 is 0 Å². The Hall–Kier alpha value is -0.730. The van der Waals surface area contributed by atoms with Gasteiger partial charge in [0.15, 0.2) is 0 Å². The number of carbonyl (C=O) groups is 1. The van der Waals surface area contributed by atoms with Gasteiger partial charge in [-0.3, -0.25) is 0 Å². The molecule has 1 N–H and O–H groups in total. The molecule has 3 nitrogen and oxygen atoms in total. The van der Waals surface area contributed by atoms with Gasteiger partial charge in [0.2, 0.25) is 0 Å². The van der Waals surface area contributed by atoms with E-state index in [4.69, 9.17) is 0 Å². The monoisotopic (exact) mass is 189 g/mol. The second-order valence-electron chi connectivity index (χ2n) is 2.85. The molecule has 0 radical (unpaired) electrons. The molecule has 3 heteroatoms. The van der Waals surface area contributed by atoms with E-state index in [-0.39, 0.29) is 12.1 Å². The minimum atomic E-state index is -0.375. The van der Waals surface area contributed by atoms with Crippen LogP contribution in [0.2, 0.25) is 0 Å². The number of hydrogen-bond acceptors (Lipinski definition) is 2. The molecule has 80 valence electrons. The molecule has 1 saturated carbocycles. The maximum Gasteiger partial charge on any atom is 0.407 e. The lowest BCUT2D eigenvalue weighted by atomic mass is 10.4. The van der Waals surface area contributed by atoms with Crippen molar-refractivity contribution in [2.45, 2.75) is 53.0 Å². The van der Waals surface area contributed by atoms with Gasteiger partial charge in [0.1, 0.15) is 0 Å². The van der Waals surface area contributed by atoms with E-state index in [0.717, 1.165) is 0 Å². The van der Waals surface area contributed by atoms with Crippen LogP contribution in [0.25, 0.3) is 0 Å². The lowest BCUT2D eigenvalue weighted by Crippen LogP contribution is -2.29. The molecular formula is C10H23NO2. The van der Waals surface area contributed by atoms with Gasteiger partial charge in [0.25, 0.3) is 0 Å². The van der Waals surface area contributed by atoms with Crippen molar-refractivity contribution in [1.29, 1.82) is 0 Å². The van der Waals surface area contributed by atoms with Gasteiger partial charge in [-0.15, -0.1) is 0 Å². The first-order valence-electron chi connectivity index (χ1n) is 5.01. The second kappa shape index (κ2) is 11.3. The minimum Gasteiger partial charge on any atom is -0.453 e. The van der Waals surface area contributed by atoms with E-state index in [2.05, 4.69) is 10.1 Å². The number of ether oxygens (including phenoxy) is 1. The fraction of sp³-hybridized carbons (Fsp3) is 0.900. The van der Waals surface area contributed by atoms with Gasteiger partial charge in [-0.25, -0.2) is 4.79 Å². The molecule has 0 aliphatic heterocycles. The predicted molar refractivity (Wildman–Crippen MR) is 55.9 cm³/mol. The highest BCUT2D eigenvalue weighted by atomic mass is 16.5. The van der Waals surface area contributed by atoms with Crippen molar-refractivity contribution in [3.05, 3.63) is 0 Å². The van der Waals surface area contributed by atoms with Gasteiger partial charge >= 0.3 is 6.09 Å². The summed E-state index contributed by atoms with van der Waals surface area (Å²) in [7, 11) is 1.34. The summed E-state index contributed by atoms with van der Waals surface area (Å²) in [5.41, 5.74) is 0. The standard InChI is InChI=1S/C5H11NO2.C3H6.C2H6/c1-4(2)6-5(7)8-3;1-2-3-1;1-2/h4H,1-3H3,(H,6,7);1-3H2;1-2H3. The molecule has 1 aliphatic carbocycles. The number of alkyl carbamates (subject to hydrolysis) is 1. The molecule has 1 rings (SSSR count). The van der Waals surface area contributed by atoms with Crippen LogP contribution >= 0.6 is 0 Å². The zero-order valence-corrected chi connectivity index (χ0v) is 9.52. The van der Waals surface area contributed by atoms with Crippen LogP contribution in [0.4, 0.5) is 4.79 Å². The highest BCUT2D eigenvalue weighted by Crippen LogP contribution is 2.14. The van der Waals surface area contributed by atoms with E-state index in [0.29, 0.717) is 0 Å². The predicted octanol–water partition coefficient (Wildman–Crippen LogP) is 2.95. The Labute approximate surface area is 81.9 Å². The molecule has 1 aliphatic rings. The average Bonchev–Trinajstić information content (AvgIpc) is 2.93. The summed E-state index contributed by atoms with van der Waals surface area (Å²) in [6, 6.07) is 0.155. The summed E-state index contributed by atoms with van der Waals surface area (Å²) in [4.78, 5) is 10.3. The van der Waals surface area contributed by atoms with E-state index in [1.165, 1.54) is 26.4 Å². The number of rotatable bonds is 1. The largest absolute Gasteiger partial charge is 0.453 e. The van der Waals surface area contributed by atoms with Crippen LogP contribution in [0, 0.1) is 0 Å². The molecule has 0 saturated heterocycles. The van der Waals surface area contributed by atoms with Crippen LogP contribution in [-0.4, -0.2) is 19.2 Å². The molecule has 0 unspecified atom stereocenters. The molecule has 0 bridgehead atoms. The quantitative estimate of drug-likeness (QED) is 0.688. The number of methoxy groups -OCH3 is 1. The van der Waals surface area contributed by atoms with Gasteiger partial charge in [-0.2, -0.15) is 0 Å². The van der Waals surface area contributed by atoms with Gasteiger partial charge in [-0.1, -0.05) is 33.1 Å². The van der Waals surface area contributed by atoms with Crippen LogP contribution < -0.4 is 5.32 Å². The first-order chi connectivity index (χ1) is 6.16. The van der Waals surface area contributed by atoms with E-state index >= 15 is 0 Å². The summed E-state index contributed by atoms with van der Waals surface area (Å²) in [6.07, 6.45) is 4.12. The van der Waals surface area contributed by atoms with Crippen molar-refractivity contribution in [2.75, 3.05) is 7.11 Å². The van der Waals surface area contributed by atoms with Crippen molar-refractivity contribution < 1.29 is 9.53 Å². The Kier molecular flexibility index (Phi) is 12.8. The van der Waals surface area contributed by atoms with Gasteiger partial charge < -0.3 is 10.1 Å². The third-order valence-corrected chi connectivity index (χ3v) is 0.945. The molecule has 0 atom stereocenters. The Morgan fingerprint density at radius 1 is 1.23 bits per heavy atom. The molecule has 1 amide bonds. The van der Waals surface area contributed by atoms with Gasteiger partial charge in [0, 0.05) is 6.04 Å². The normalized spacial score (nSPS) is 11.5. The number of amides is 1. The molecule has 0 spiro atoms. The third-order valence-electron chi connectivity index (χ3n) is 0.945. The Balaban J connectivity index is 0.